The average molecular weight is 358 g/mol. The number of anilines is 1. The molecule has 0 bridgehead atoms. The number of para-hydroxylation sites is 2. The first-order valence-electron chi connectivity index (χ1n) is 8.39. The molecule has 1 atom stereocenters. The number of imidazole rings is 1. The van der Waals surface area contributed by atoms with Gasteiger partial charge < -0.3 is 25.1 Å². The third-order valence-electron chi connectivity index (χ3n) is 4.30. The van der Waals surface area contributed by atoms with Crippen LogP contribution < -0.4 is 20.6 Å². The first-order chi connectivity index (χ1) is 12.4. The molecule has 2 aromatic rings. The van der Waals surface area contributed by atoms with Gasteiger partial charge in [-0.15, -0.1) is 0 Å². The number of rotatable bonds is 5. The number of urea groups is 1. The van der Waals surface area contributed by atoms with Crippen LogP contribution in [-0.2, 0) is 16.1 Å². The highest BCUT2D eigenvalue weighted by Crippen LogP contribution is 2.27. The van der Waals surface area contributed by atoms with Gasteiger partial charge >= 0.3 is 6.03 Å². The summed E-state index contributed by atoms with van der Waals surface area (Å²) < 4.78 is 1.95. The molecule has 138 valence electrons. The first-order valence-corrected chi connectivity index (χ1v) is 8.39. The Morgan fingerprint density at radius 3 is 2.65 bits per heavy atom. The topological polar surface area (TPSA) is 119 Å². The second kappa shape index (κ2) is 7.03. The molecule has 2 N–H and O–H groups in total. The molecule has 1 aromatic heterocycles. The molecular formula is C17H20N5O4-. The van der Waals surface area contributed by atoms with Gasteiger partial charge in [0.2, 0.25) is 11.9 Å². The molecule has 1 aliphatic rings. The maximum Gasteiger partial charge on any atom is 0.324 e. The molecule has 0 saturated heterocycles. The van der Waals surface area contributed by atoms with Gasteiger partial charge in [-0.1, -0.05) is 26.0 Å². The number of aromatic nitrogens is 2. The van der Waals surface area contributed by atoms with Gasteiger partial charge in [-0.3, -0.25) is 9.69 Å². The molecule has 0 fully saturated rings. The predicted octanol–water partition coefficient (Wildman–Crippen LogP) is -0.543. The summed E-state index contributed by atoms with van der Waals surface area (Å²) in [6.07, 6.45) is 0. The van der Waals surface area contributed by atoms with Gasteiger partial charge in [-0.05, 0) is 18.1 Å². The number of fused-ring (bicyclic) bond motifs is 3. The number of carbonyl (C=O) groups excluding carboxylic acids is 3. The SMILES string of the molecule is CC(C)[C@H](NC(=O)N1CCn2c1nc1ccccc12)C(=O)NCC(=O)[O-]. The third-order valence-corrected chi connectivity index (χ3v) is 4.30. The standard InChI is InChI=1S/C17H21N5O4/c1-10(2)14(15(25)18-9-13(23)24)20-17(26)22-8-7-21-12-6-4-3-5-11(12)19-16(21)22/h3-6,10,14H,7-9H2,1-2H3,(H,18,25)(H,20,26)(H,23,24)/p-1/t14-/m0/s1. The lowest BCUT2D eigenvalue weighted by Gasteiger charge is -2.24. The number of nitrogens with zero attached hydrogens (tertiary/aromatic N) is 3. The highest BCUT2D eigenvalue weighted by molar-refractivity contribution is 5.97. The fourth-order valence-electron chi connectivity index (χ4n) is 3.00. The summed E-state index contributed by atoms with van der Waals surface area (Å²) in [7, 11) is 0. The molecule has 3 amide bonds. The maximum absolute atomic E-state index is 12.7. The van der Waals surface area contributed by atoms with Crippen molar-refractivity contribution < 1.29 is 19.5 Å². The predicted molar refractivity (Wildman–Crippen MR) is 92.3 cm³/mol. The van der Waals surface area contributed by atoms with Crippen LogP contribution >= 0.6 is 0 Å². The molecule has 9 nitrogen and oxygen atoms in total. The van der Waals surface area contributed by atoms with Crippen LogP contribution in [0.3, 0.4) is 0 Å². The van der Waals surface area contributed by atoms with Gasteiger partial charge in [-0.2, -0.15) is 0 Å². The highest BCUT2D eigenvalue weighted by Gasteiger charge is 2.32. The quantitative estimate of drug-likeness (QED) is 0.744. The maximum atomic E-state index is 12.7. The number of carboxylic acid groups (broad SMARTS) is 1. The van der Waals surface area contributed by atoms with Crippen molar-refractivity contribution in [1.29, 1.82) is 0 Å². The van der Waals surface area contributed by atoms with E-state index in [2.05, 4.69) is 15.6 Å². The van der Waals surface area contributed by atoms with E-state index in [1.54, 1.807) is 13.8 Å². The molecule has 0 spiro atoms. The number of nitrogens with one attached hydrogen (secondary N) is 2. The smallest absolute Gasteiger partial charge is 0.324 e. The Bertz CT molecular complexity index is 860. The second-order valence-corrected chi connectivity index (χ2v) is 6.46. The Kier molecular flexibility index (Phi) is 4.79. The molecule has 1 aliphatic heterocycles. The molecule has 2 heterocycles. The summed E-state index contributed by atoms with van der Waals surface area (Å²) in [4.78, 5) is 41.4. The monoisotopic (exact) mass is 358 g/mol. The number of aliphatic carboxylic acids is 1. The van der Waals surface area contributed by atoms with Gasteiger partial charge in [0.1, 0.15) is 6.04 Å². The summed E-state index contributed by atoms with van der Waals surface area (Å²) in [5.74, 6) is -1.64. The summed E-state index contributed by atoms with van der Waals surface area (Å²) in [5, 5.41) is 15.4. The van der Waals surface area contributed by atoms with Gasteiger partial charge in [-0.25, -0.2) is 9.78 Å². The molecule has 9 heteroatoms. The van der Waals surface area contributed by atoms with Gasteiger partial charge in [0.25, 0.3) is 0 Å². The van der Waals surface area contributed by atoms with Crippen LogP contribution in [0.1, 0.15) is 13.8 Å². The van der Waals surface area contributed by atoms with Crippen LogP contribution in [0, 0.1) is 5.92 Å². The van der Waals surface area contributed by atoms with Crippen LogP contribution in [0.5, 0.6) is 0 Å². The van der Waals surface area contributed by atoms with E-state index in [-0.39, 0.29) is 5.92 Å². The van der Waals surface area contributed by atoms with E-state index in [0.29, 0.717) is 19.0 Å². The molecule has 0 radical (unpaired) electrons. The van der Waals surface area contributed by atoms with Crippen molar-refractivity contribution in [1.82, 2.24) is 20.2 Å². The van der Waals surface area contributed by atoms with Crippen molar-refractivity contribution in [3.05, 3.63) is 24.3 Å². The van der Waals surface area contributed by atoms with E-state index in [0.717, 1.165) is 11.0 Å². The van der Waals surface area contributed by atoms with E-state index in [1.165, 1.54) is 4.90 Å². The minimum atomic E-state index is -1.39. The van der Waals surface area contributed by atoms with Crippen LogP contribution in [-0.4, -0.2) is 46.6 Å². The lowest BCUT2D eigenvalue weighted by Crippen LogP contribution is -2.54. The Morgan fingerprint density at radius 2 is 1.96 bits per heavy atom. The number of hydrogen-bond acceptors (Lipinski definition) is 5. The second-order valence-electron chi connectivity index (χ2n) is 6.46. The van der Waals surface area contributed by atoms with Crippen molar-refractivity contribution in [3.63, 3.8) is 0 Å². The Labute approximate surface area is 150 Å². The van der Waals surface area contributed by atoms with Crippen molar-refractivity contribution in [2.75, 3.05) is 18.0 Å². The fraction of sp³-hybridized carbons (Fsp3) is 0.412. The van der Waals surface area contributed by atoms with Crippen molar-refractivity contribution in [2.45, 2.75) is 26.4 Å². The lowest BCUT2D eigenvalue weighted by atomic mass is 10.0. The van der Waals surface area contributed by atoms with E-state index in [1.807, 2.05) is 28.8 Å². The van der Waals surface area contributed by atoms with E-state index in [4.69, 9.17) is 0 Å². The fourth-order valence-corrected chi connectivity index (χ4v) is 3.00. The third kappa shape index (κ3) is 3.32. The van der Waals surface area contributed by atoms with Gasteiger partial charge in [0, 0.05) is 13.1 Å². The minimum absolute atomic E-state index is 0.220. The Morgan fingerprint density at radius 1 is 1.23 bits per heavy atom. The van der Waals surface area contributed by atoms with Crippen LogP contribution in [0.4, 0.5) is 10.7 Å². The van der Waals surface area contributed by atoms with Crippen molar-refractivity contribution in [2.24, 2.45) is 5.92 Å². The average Bonchev–Trinajstić information content (AvgIpc) is 3.16. The molecule has 0 aliphatic carbocycles. The minimum Gasteiger partial charge on any atom is -0.548 e. The molecule has 26 heavy (non-hydrogen) atoms. The van der Waals surface area contributed by atoms with E-state index in [9.17, 15) is 19.5 Å². The highest BCUT2D eigenvalue weighted by atomic mass is 16.4. The van der Waals surface area contributed by atoms with Crippen molar-refractivity contribution in [3.8, 4) is 0 Å². The molecule has 0 unspecified atom stereocenters. The molecule has 3 rings (SSSR count). The van der Waals surface area contributed by atoms with Crippen LogP contribution in [0.15, 0.2) is 24.3 Å². The molecular weight excluding hydrogens is 338 g/mol. The summed E-state index contributed by atoms with van der Waals surface area (Å²) in [6.45, 7) is 4.00. The number of carbonyl (C=O) groups is 3. The zero-order chi connectivity index (χ0) is 18.8. The Balaban J connectivity index is 1.75. The normalized spacial score (nSPS) is 14.3. The Hall–Kier alpha value is -3.10. The number of carboxylic acids is 1. The van der Waals surface area contributed by atoms with Gasteiger partial charge in [0.05, 0.1) is 23.5 Å². The number of amides is 3. The lowest BCUT2D eigenvalue weighted by molar-refractivity contribution is -0.304. The largest absolute Gasteiger partial charge is 0.548 e. The first kappa shape index (κ1) is 17.7. The summed E-state index contributed by atoms with van der Waals surface area (Å²) in [6, 6.07) is 6.31. The summed E-state index contributed by atoms with van der Waals surface area (Å²) in [5.41, 5.74) is 1.75. The van der Waals surface area contributed by atoms with E-state index < -0.39 is 30.5 Å². The zero-order valence-corrected chi connectivity index (χ0v) is 14.6. The van der Waals surface area contributed by atoms with Crippen LogP contribution in [0.25, 0.3) is 11.0 Å². The van der Waals surface area contributed by atoms with Crippen LogP contribution in [0.2, 0.25) is 0 Å². The van der Waals surface area contributed by atoms with Gasteiger partial charge in [0.15, 0.2) is 0 Å². The number of hydrogen-bond donors (Lipinski definition) is 2. The summed E-state index contributed by atoms with van der Waals surface area (Å²) >= 11 is 0. The van der Waals surface area contributed by atoms with E-state index >= 15 is 0 Å². The van der Waals surface area contributed by atoms with Crippen molar-refractivity contribution >= 4 is 34.9 Å². The zero-order valence-electron chi connectivity index (χ0n) is 14.6. The number of benzene rings is 1. The molecule has 0 saturated carbocycles. The molecule has 1 aromatic carbocycles.